The summed E-state index contributed by atoms with van der Waals surface area (Å²) in [6, 6.07) is 9.82. The zero-order chi connectivity index (χ0) is 49.1. The normalized spacial score (nSPS) is 12.6. The minimum absolute atomic E-state index is 0.366. The van der Waals surface area contributed by atoms with E-state index in [-0.39, 0.29) is 0 Å². The van der Waals surface area contributed by atoms with Crippen LogP contribution in [0.1, 0.15) is 268 Å². The SMILES string of the molecule is CCCCCCCCCCc1cc(-c2cc(OCCCCCCCC)c(-c3cc(CCCCCCCCCC)c(C(C)C)s3)cc2OCCCCCCCC)sc1-c1sc(C(C)C)c2c1OCCO2. The molecule has 0 saturated heterocycles. The average molecular weight is 1000 g/mol. The predicted octanol–water partition coefficient (Wildman–Crippen LogP) is 21.7. The zero-order valence-electron chi connectivity index (χ0n) is 45.4. The van der Waals surface area contributed by atoms with Crippen molar-refractivity contribution in [2.45, 2.75) is 260 Å². The highest BCUT2D eigenvalue weighted by atomic mass is 32.1. The van der Waals surface area contributed by atoms with E-state index in [9.17, 15) is 0 Å². The van der Waals surface area contributed by atoms with E-state index in [0.29, 0.717) is 25.0 Å². The molecule has 69 heavy (non-hydrogen) atoms. The first-order valence-electron chi connectivity index (χ1n) is 28.9. The summed E-state index contributed by atoms with van der Waals surface area (Å²) < 4.78 is 27.0. The third kappa shape index (κ3) is 18.8. The molecule has 0 bridgehead atoms. The lowest BCUT2D eigenvalue weighted by Gasteiger charge is -2.18. The van der Waals surface area contributed by atoms with Gasteiger partial charge in [-0.3, -0.25) is 0 Å². The van der Waals surface area contributed by atoms with E-state index in [1.807, 2.05) is 34.0 Å². The second kappa shape index (κ2) is 33.3. The van der Waals surface area contributed by atoms with Crippen LogP contribution in [0.4, 0.5) is 0 Å². The minimum atomic E-state index is 0.366. The zero-order valence-corrected chi connectivity index (χ0v) is 47.8. The lowest BCUT2D eigenvalue weighted by atomic mass is 9.99. The van der Waals surface area contributed by atoms with Gasteiger partial charge in [0.1, 0.15) is 24.7 Å². The molecule has 388 valence electrons. The molecular formula is C62H98O4S3. The van der Waals surface area contributed by atoms with E-state index in [4.69, 9.17) is 18.9 Å². The molecule has 0 fully saturated rings. The van der Waals surface area contributed by atoms with Crippen LogP contribution >= 0.6 is 34.0 Å². The number of thiophene rings is 3. The molecule has 1 aliphatic rings. The number of rotatable bonds is 39. The topological polar surface area (TPSA) is 36.9 Å². The maximum Gasteiger partial charge on any atom is 0.181 e. The first kappa shape index (κ1) is 57.4. The first-order valence-corrected chi connectivity index (χ1v) is 31.4. The van der Waals surface area contributed by atoms with Crippen molar-refractivity contribution in [2.75, 3.05) is 26.4 Å². The summed E-state index contributed by atoms with van der Waals surface area (Å²) in [5.41, 5.74) is 5.34. The third-order valence-electron chi connectivity index (χ3n) is 14.1. The number of hydrogen-bond acceptors (Lipinski definition) is 7. The molecule has 0 atom stereocenters. The van der Waals surface area contributed by atoms with Crippen LogP contribution in [-0.4, -0.2) is 26.4 Å². The van der Waals surface area contributed by atoms with Gasteiger partial charge in [0.05, 0.1) is 27.8 Å². The van der Waals surface area contributed by atoms with Crippen molar-refractivity contribution < 1.29 is 18.9 Å². The second-order valence-corrected chi connectivity index (χ2v) is 24.1. The fourth-order valence-corrected chi connectivity index (χ4v) is 13.7. The van der Waals surface area contributed by atoms with Crippen LogP contribution in [0.5, 0.6) is 23.0 Å². The summed E-state index contributed by atoms with van der Waals surface area (Å²) in [6.45, 7) is 21.2. The van der Waals surface area contributed by atoms with Crippen LogP contribution in [0.2, 0.25) is 0 Å². The Kier molecular flexibility index (Phi) is 27.7. The number of unbranched alkanes of at least 4 members (excludes halogenated alkanes) is 24. The Morgan fingerprint density at radius 2 is 0.797 bits per heavy atom. The molecule has 4 heterocycles. The Bertz CT molecular complexity index is 1980. The molecule has 4 aromatic rings. The summed E-state index contributed by atoms with van der Waals surface area (Å²) in [7, 11) is 0. The minimum Gasteiger partial charge on any atom is -0.493 e. The maximum atomic E-state index is 7.06. The Balaban J connectivity index is 1.55. The van der Waals surface area contributed by atoms with Crippen molar-refractivity contribution in [2.24, 2.45) is 0 Å². The number of aryl methyl sites for hydroxylation is 2. The molecule has 7 heteroatoms. The van der Waals surface area contributed by atoms with Gasteiger partial charge in [0.2, 0.25) is 0 Å². The predicted molar refractivity (Wildman–Crippen MR) is 306 cm³/mol. The molecule has 0 radical (unpaired) electrons. The standard InChI is InChI=1S/C62H98O4S3/c1-9-13-17-21-25-27-29-33-37-49-43-55(67-59(49)47(5)6)51-45-54(64-40-36-32-24-20-16-12-4)52(46-53(51)63-39-35-31-23-19-15-11-3)56-44-50(38-34-30-28-26-22-18-14-10-2)61(68-56)62-58-57(65-41-42-66-58)60(69-62)48(7)8/h43-48H,9-42H2,1-8H3. The third-order valence-corrected chi connectivity index (χ3v) is 18.4. The second-order valence-electron chi connectivity index (χ2n) is 21.0. The highest BCUT2D eigenvalue weighted by Crippen LogP contribution is 2.56. The van der Waals surface area contributed by atoms with E-state index in [1.165, 1.54) is 218 Å². The molecule has 3 aromatic heterocycles. The van der Waals surface area contributed by atoms with Crippen molar-refractivity contribution in [3.05, 3.63) is 45.1 Å². The van der Waals surface area contributed by atoms with Crippen LogP contribution in [0.3, 0.4) is 0 Å². The molecule has 0 spiro atoms. The van der Waals surface area contributed by atoms with E-state index >= 15 is 0 Å². The van der Waals surface area contributed by atoms with Crippen LogP contribution < -0.4 is 18.9 Å². The lowest BCUT2D eigenvalue weighted by molar-refractivity contribution is 0.172. The van der Waals surface area contributed by atoms with Gasteiger partial charge in [0, 0.05) is 25.8 Å². The van der Waals surface area contributed by atoms with Crippen LogP contribution in [0.15, 0.2) is 24.3 Å². The molecule has 4 nitrogen and oxygen atoms in total. The molecule has 0 saturated carbocycles. The van der Waals surface area contributed by atoms with Crippen molar-refractivity contribution in [3.8, 4) is 53.6 Å². The molecule has 0 aliphatic carbocycles. The van der Waals surface area contributed by atoms with Crippen molar-refractivity contribution in [3.63, 3.8) is 0 Å². The van der Waals surface area contributed by atoms with E-state index in [2.05, 4.69) is 79.7 Å². The number of fused-ring (bicyclic) bond motifs is 1. The quantitative estimate of drug-likeness (QED) is 0.0418. The molecular weight excluding hydrogens is 905 g/mol. The molecule has 5 rings (SSSR count). The average Bonchev–Trinajstić information content (AvgIpc) is 4.09. The van der Waals surface area contributed by atoms with Crippen molar-refractivity contribution in [1.82, 2.24) is 0 Å². The van der Waals surface area contributed by atoms with Crippen molar-refractivity contribution in [1.29, 1.82) is 0 Å². The summed E-state index contributed by atoms with van der Waals surface area (Å²) in [5, 5.41) is 0. The fraction of sp³-hybridized carbons (Fsp3) is 0.710. The van der Waals surface area contributed by atoms with E-state index in [0.717, 1.165) is 61.9 Å². The highest BCUT2D eigenvalue weighted by molar-refractivity contribution is 7.24. The Morgan fingerprint density at radius 1 is 0.406 bits per heavy atom. The van der Waals surface area contributed by atoms with Gasteiger partial charge in [0.25, 0.3) is 0 Å². The molecule has 0 unspecified atom stereocenters. The smallest absolute Gasteiger partial charge is 0.181 e. The number of hydrogen-bond donors (Lipinski definition) is 0. The van der Waals surface area contributed by atoms with Gasteiger partial charge < -0.3 is 18.9 Å². The molecule has 1 aromatic carbocycles. The van der Waals surface area contributed by atoms with Gasteiger partial charge in [-0.05, 0) is 85.8 Å². The molecule has 0 amide bonds. The summed E-state index contributed by atoms with van der Waals surface area (Å²) in [4.78, 5) is 8.01. The van der Waals surface area contributed by atoms with Gasteiger partial charge in [-0.15, -0.1) is 34.0 Å². The Labute approximate surface area is 435 Å². The fourth-order valence-electron chi connectivity index (χ4n) is 9.91. The van der Waals surface area contributed by atoms with Gasteiger partial charge in [-0.25, -0.2) is 0 Å². The van der Waals surface area contributed by atoms with E-state index < -0.39 is 0 Å². The summed E-state index contributed by atoms with van der Waals surface area (Å²) in [6.07, 6.45) is 38.5. The maximum absolute atomic E-state index is 7.06. The van der Waals surface area contributed by atoms with Gasteiger partial charge in [-0.1, -0.05) is 209 Å². The monoisotopic (exact) mass is 1000 g/mol. The van der Waals surface area contributed by atoms with Crippen LogP contribution in [-0.2, 0) is 12.8 Å². The van der Waals surface area contributed by atoms with Gasteiger partial charge in [0.15, 0.2) is 11.5 Å². The van der Waals surface area contributed by atoms with Gasteiger partial charge >= 0.3 is 0 Å². The highest BCUT2D eigenvalue weighted by Gasteiger charge is 2.30. The summed E-state index contributed by atoms with van der Waals surface area (Å²) >= 11 is 5.82. The number of ether oxygens (including phenoxy) is 4. The number of benzene rings is 1. The van der Waals surface area contributed by atoms with E-state index in [1.54, 1.807) is 0 Å². The molecule has 1 aliphatic heterocycles. The van der Waals surface area contributed by atoms with Crippen LogP contribution in [0, 0.1) is 0 Å². The summed E-state index contributed by atoms with van der Waals surface area (Å²) in [5.74, 6) is 4.79. The Hall–Kier alpha value is -2.48. The molecule has 0 N–H and O–H groups in total. The van der Waals surface area contributed by atoms with Gasteiger partial charge in [-0.2, -0.15) is 0 Å². The van der Waals surface area contributed by atoms with Crippen LogP contribution in [0.25, 0.3) is 30.6 Å². The largest absolute Gasteiger partial charge is 0.493 e. The first-order chi connectivity index (χ1) is 33.8. The Morgan fingerprint density at radius 3 is 1.26 bits per heavy atom. The lowest BCUT2D eigenvalue weighted by Crippen LogP contribution is -2.15. The van der Waals surface area contributed by atoms with Crippen molar-refractivity contribution >= 4 is 34.0 Å².